The zero-order chi connectivity index (χ0) is 21.8. The highest BCUT2D eigenvalue weighted by atomic mass is 35.5. The minimum Gasteiger partial charge on any atom is -0.378 e. The van der Waals surface area contributed by atoms with Crippen LogP contribution < -0.4 is 10.2 Å². The van der Waals surface area contributed by atoms with E-state index in [0.29, 0.717) is 42.1 Å². The van der Waals surface area contributed by atoms with Crippen LogP contribution in [0.1, 0.15) is 24.2 Å². The molecule has 2 aromatic heterocycles. The molecule has 3 heterocycles. The molecule has 0 radical (unpaired) electrons. The number of nitrogens with one attached hydrogen (secondary N) is 1. The number of nitrogens with zero attached hydrogens (tertiary/aromatic N) is 5. The summed E-state index contributed by atoms with van der Waals surface area (Å²) >= 11 is 7.60. The average Bonchev–Trinajstić information content (AvgIpc) is 3.16. The van der Waals surface area contributed by atoms with E-state index >= 15 is 0 Å². The van der Waals surface area contributed by atoms with Gasteiger partial charge in [0.2, 0.25) is 0 Å². The van der Waals surface area contributed by atoms with Crippen molar-refractivity contribution in [2.75, 3.05) is 37.7 Å². The van der Waals surface area contributed by atoms with Gasteiger partial charge in [-0.15, -0.1) is 0 Å². The first-order valence-electron chi connectivity index (χ1n) is 10.3. The lowest BCUT2D eigenvalue weighted by molar-refractivity contribution is 0.0952. The van der Waals surface area contributed by atoms with Gasteiger partial charge < -0.3 is 15.0 Å². The van der Waals surface area contributed by atoms with Crippen molar-refractivity contribution in [3.05, 3.63) is 41.0 Å². The molecule has 1 aliphatic rings. The fourth-order valence-corrected chi connectivity index (χ4v) is 4.26. The van der Waals surface area contributed by atoms with Gasteiger partial charge in [-0.2, -0.15) is 5.10 Å². The summed E-state index contributed by atoms with van der Waals surface area (Å²) in [5.74, 6) is 0.726. The van der Waals surface area contributed by atoms with Gasteiger partial charge in [0.25, 0.3) is 5.91 Å². The van der Waals surface area contributed by atoms with E-state index in [2.05, 4.69) is 29.2 Å². The second-order valence-electron chi connectivity index (χ2n) is 7.47. The van der Waals surface area contributed by atoms with Crippen LogP contribution in [0.5, 0.6) is 0 Å². The summed E-state index contributed by atoms with van der Waals surface area (Å²) in [5, 5.41) is 9.99. The van der Waals surface area contributed by atoms with Crippen molar-refractivity contribution in [2.45, 2.75) is 30.8 Å². The normalized spacial score (nSPS) is 14.4. The summed E-state index contributed by atoms with van der Waals surface area (Å²) in [5.41, 5.74) is 1.31. The Morgan fingerprint density at radius 2 is 2.10 bits per heavy atom. The van der Waals surface area contributed by atoms with Crippen LogP contribution in [0.3, 0.4) is 0 Å². The lowest BCUT2D eigenvalue weighted by atomic mass is 10.2. The first-order valence-corrected chi connectivity index (χ1v) is 11.5. The van der Waals surface area contributed by atoms with Crippen LogP contribution in [0.4, 0.5) is 5.82 Å². The summed E-state index contributed by atoms with van der Waals surface area (Å²) in [6, 6.07) is 6.89. The Labute approximate surface area is 190 Å². The monoisotopic (exact) mass is 460 g/mol. The number of morpholine rings is 1. The maximum absolute atomic E-state index is 12.4. The third-order valence-electron chi connectivity index (χ3n) is 4.80. The summed E-state index contributed by atoms with van der Waals surface area (Å²) in [7, 11) is 0. The Morgan fingerprint density at radius 3 is 2.84 bits per heavy atom. The standard InChI is InChI=1S/C21H25ClN6O2S/c1-14(2)31-21-25-18(27-8-10-30-11-9-27)17-13-24-28(19(17)26-21)7-6-23-20(29)15-4-3-5-16(22)12-15/h3-5,12-14H,6-11H2,1-2H3,(H,23,29). The van der Waals surface area contributed by atoms with Gasteiger partial charge in [0.05, 0.1) is 31.3 Å². The number of hydrogen-bond acceptors (Lipinski definition) is 7. The first-order chi connectivity index (χ1) is 15.0. The molecule has 1 N–H and O–H groups in total. The van der Waals surface area contributed by atoms with E-state index < -0.39 is 0 Å². The van der Waals surface area contributed by atoms with Gasteiger partial charge in [-0.1, -0.05) is 43.3 Å². The fraction of sp³-hybridized carbons (Fsp3) is 0.429. The van der Waals surface area contributed by atoms with Gasteiger partial charge in [-0.3, -0.25) is 4.79 Å². The highest BCUT2D eigenvalue weighted by Crippen LogP contribution is 2.29. The minimum absolute atomic E-state index is 0.168. The van der Waals surface area contributed by atoms with Crippen LogP contribution in [-0.2, 0) is 11.3 Å². The molecule has 4 rings (SSSR count). The molecular weight excluding hydrogens is 436 g/mol. The first kappa shape index (κ1) is 21.9. The Kier molecular flexibility index (Phi) is 6.94. The van der Waals surface area contributed by atoms with Crippen LogP contribution >= 0.6 is 23.4 Å². The van der Waals surface area contributed by atoms with E-state index in [9.17, 15) is 4.79 Å². The molecule has 10 heteroatoms. The average molecular weight is 461 g/mol. The van der Waals surface area contributed by atoms with Crippen LogP contribution in [0.15, 0.2) is 35.6 Å². The predicted octanol–water partition coefficient (Wildman–Crippen LogP) is 3.25. The molecule has 31 heavy (non-hydrogen) atoms. The number of amides is 1. The second kappa shape index (κ2) is 9.84. The van der Waals surface area contributed by atoms with Gasteiger partial charge >= 0.3 is 0 Å². The van der Waals surface area contributed by atoms with Gasteiger partial charge in [-0.25, -0.2) is 14.6 Å². The molecule has 1 fully saturated rings. The number of halogens is 1. The number of ether oxygens (including phenoxy) is 1. The van der Waals surface area contributed by atoms with Crippen molar-refractivity contribution in [2.24, 2.45) is 0 Å². The molecule has 1 aromatic carbocycles. The molecule has 0 spiro atoms. The summed E-state index contributed by atoms with van der Waals surface area (Å²) in [6.45, 7) is 8.11. The van der Waals surface area contributed by atoms with Crippen molar-refractivity contribution in [1.82, 2.24) is 25.1 Å². The van der Waals surface area contributed by atoms with Crippen LogP contribution in [-0.4, -0.2) is 63.8 Å². The number of fused-ring (bicyclic) bond motifs is 1. The van der Waals surface area contributed by atoms with Gasteiger partial charge in [0.15, 0.2) is 10.8 Å². The zero-order valence-electron chi connectivity index (χ0n) is 17.5. The highest BCUT2D eigenvalue weighted by Gasteiger charge is 2.20. The van der Waals surface area contributed by atoms with E-state index in [-0.39, 0.29) is 5.91 Å². The maximum atomic E-state index is 12.4. The quantitative estimate of drug-likeness (QED) is 0.428. The maximum Gasteiger partial charge on any atom is 0.251 e. The van der Waals surface area contributed by atoms with Crippen molar-refractivity contribution in [3.8, 4) is 0 Å². The number of rotatable bonds is 7. The Balaban J connectivity index is 1.54. The number of thioether (sulfide) groups is 1. The van der Waals surface area contributed by atoms with Gasteiger partial charge in [-0.05, 0) is 18.2 Å². The van der Waals surface area contributed by atoms with Crippen LogP contribution in [0.25, 0.3) is 11.0 Å². The van der Waals surface area contributed by atoms with Crippen molar-refractivity contribution in [1.29, 1.82) is 0 Å². The van der Waals surface area contributed by atoms with Crippen LogP contribution in [0, 0.1) is 0 Å². The second-order valence-corrected chi connectivity index (χ2v) is 9.45. The zero-order valence-corrected chi connectivity index (χ0v) is 19.1. The van der Waals surface area contributed by atoms with Crippen molar-refractivity contribution >= 4 is 46.1 Å². The summed E-state index contributed by atoms with van der Waals surface area (Å²) in [4.78, 5) is 24.2. The molecule has 0 aliphatic carbocycles. The van der Waals surface area contributed by atoms with E-state index in [1.165, 1.54) is 0 Å². The molecule has 0 bridgehead atoms. The topological polar surface area (TPSA) is 85.2 Å². The molecule has 3 aromatic rings. The summed E-state index contributed by atoms with van der Waals surface area (Å²) < 4.78 is 7.32. The molecular formula is C21H25ClN6O2S. The van der Waals surface area contributed by atoms with E-state index in [1.54, 1.807) is 36.0 Å². The molecule has 164 valence electrons. The number of anilines is 1. The van der Waals surface area contributed by atoms with E-state index in [1.807, 2.05) is 10.9 Å². The number of benzene rings is 1. The van der Waals surface area contributed by atoms with Crippen molar-refractivity contribution in [3.63, 3.8) is 0 Å². The number of aromatic nitrogens is 4. The summed E-state index contributed by atoms with van der Waals surface area (Å²) in [6.07, 6.45) is 1.81. The molecule has 1 saturated heterocycles. The Hall–Kier alpha value is -2.36. The van der Waals surface area contributed by atoms with Gasteiger partial charge in [0.1, 0.15) is 5.82 Å². The SMILES string of the molecule is CC(C)Sc1nc(N2CCOCC2)c2cnn(CCNC(=O)c3cccc(Cl)c3)c2n1. The lowest BCUT2D eigenvalue weighted by Crippen LogP contribution is -2.37. The Morgan fingerprint density at radius 1 is 1.29 bits per heavy atom. The smallest absolute Gasteiger partial charge is 0.251 e. The lowest BCUT2D eigenvalue weighted by Gasteiger charge is -2.28. The third-order valence-corrected chi connectivity index (χ3v) is 5.90. The van der Waals surface area contributed by atoms with E-state index in [4.69, 9.17) is 26.3 Å². The fourth-order valence-electron chi connectivity index (χ4n) is 3.37. The number of hydrogen-bond donors (Lipinski definition) is 1. The molecule has 0 saturated carbocycles. The van der Waals surface area contributed by atoms with Crippen molar-refractivity contribution < 1.29 is 9.53 Å². The van der Waals surface area contributed by atoms with Gasteiger partial charge in [0, 0.05) is 35.5 Å². The van der Waals surface area contributed by atoms with Crippen LogP contribution in [0.2, 0.25) is 5.02 Å². The molecule has 0 unspecified atom stereocenters. The highest BCUT2D eigenvalue weighted by molar-refractivity contribution is 7.99. The minimum atomic E-state index is -0.168. The number of carbonyl (C=O) groups excluding carboxylic acids is 1. The molecule has 8 nitrogen and oxygen atoms in total. The molecule has 1 aliphatic heterocycles. The van der Waals surface area contributed by atoms with E-state index in [0.717, 1.165) is 35.1 Å². The molecule has 0 atom stereocenters. The largest absolute Gasteiger partial charge is 0.378 e. The molecule has 1 amide bonds. The number of carbonyl (C=O) groups is 1. The third kappa shape index (κ3) is 5.28. The Bertz CT molecular complexity index is 1070. The predicted molar refractivity (Wildman–Crippen MR) is 123 cm³/mol.